The van der Waals surface area contributed by atoms with Crippen LogP contribution >= 0.6 is 0 Å². The zero-order chi connectivity index (χ0) is 13.2. The largest absolute Gasteiger partial charge is 0.388 e. The highest BCUT2D eigenvalue weighted by Gasteiger charge is 2.40. The minimum atomic E-state index is -0.758. The molecule has 0 saturated carbocycles. The first-order valence-corrected chi connectivity index (χ1v) is 6.20. The van der Waals surface area contributed by atoms with Crippen LogP contribution in [0.4, 0.5) is 0 Å². The van der Waals surface area contributed by atoms with E-state index in [0.717, 1.165) is 0 Å². The van der Waals surface area contributed by atoms with Gasteiger partial charge in [0, 0.05) is 32.0 Å². The molecule has 2 atom stereocenters. The van der Waals surface area contributed by atoms with Crippen LogP contribution in [0.2, 0.25) is 0 Å². The number of nitrogens with zero attached hydrogens (tertiary/aromatic N) is 5. The molecule has 0 aromatic carbocycles. The van der Waals surface area contributed by atoms with Gasteiger partial charge in [0.1, 0.15) is 6.33 Å². The molecule has 2 heterocycles. The van der Waals surface area contributed by atoms with Gasteiger partial charge in [-0.25, -0.2) is 4.68 Å². The summed E-state index contributed by atoms with van der Waals surface area (Å²) in [6.45, 7) is 5.45. The first-order chi connectivity index (χ1) is 8.49. The lowest BCUT2D eigenvalue weighted by Gasteiger charge is -2.20. The quantitative estimate of drug-likeness (QED) is 0.795. The van der Waals surface area contributed by atoms with Crippen molar-refractivity contribution in [1.82, 2.24) is 25.1 Å². The van der Waals surface area contributed by atoms with Gasteiger partial charge >= 0.3 is 0 Å². The van der Waals surface area contributed by atoms with E-state index in [1.165, 1.54) is 6.33 Å². The van der Waals surface area contributed by atoms with E-state index < -0.39 is 5.60 Å². The van der Waals surface area contributed by atoms with Crippen molar-refractivity contribution in [3.05, 3.63) is 6.33 Å². The second kappa shape index (κ2) is 5.01. The Morgan fingerprint density at radius 3 is 2.94 bits per heavy atom. The second-order valence-corrected chi connectivity index (χ2v) is 5.21. The first-order valence-electron chi connectivity index (χ1n) is 6.20. The molecule has 18 heavy (non-hydrogen) atoms. The van der Waals surface area contributed by atoms with Crippen LogP contribution in [0.15, 0.2) is 6.33 Å². The Balaban J connectivity index is 1.76. The third-order valence-corrected chi connectivity index (χ3v) is 3.59. The summed E-state index contributed by atoms with van der Waals surface area (Å²) in [5.74, 6) is 0.216. The summed E-state index contributed by atoms with van der Waals surface area (Å²) in [6, 6.07) is 0. The van der Waals surface area contributed by atoms with Crippen molar-refractivity contribution in [3.8, 4) is 0 Å². The highest BCUT2D eigenvalue weighted by Crippen LogP contribution is 2.27. The van der Waals surface area contributed by atoms with E-state index in [1.807, 2.05) is 6.92 Å². The van der Waals surface area contributed by atoms with E-state index in [-0.39, 0.29) is 11.8 Å². The minimum Gasteiger partial charge on any atom is -0.388 e. The molecule has 1 aromatic rings. The summed E-state index contributed by atoms with van der Waals surface area (Å²) in [7, 11) is 0. The highest BCUT2D eigenvalue weighted by molar-refractivity contribution is 5.76. The number of aliphatic hydroxyl groups is 1. The molecular weight excluding hydrogens is 234 g/mol. The summed E-state index contributed by atoms with van der Waals surface area (Å²) in [5, 5.41) is 20.8. The van der Waals surface area contributed by atoms with Gasteiger partial charge in [0.15, 0.2) is 0 Å². The number of aromatic nitrogens is 4. The summed E-state index contributed by atoms with van der Waals surface area (Å²) < 4.78 is 1.61. The fourth-order valence-corrected chi connectivity index (χ4v) is 2.16. The maximum absolute atomic E-state index is 12.0. The molecule has 0 unspecified atom stereocenters. The number of hydrogen-bond donors (Lipinski definition) is 1. The number of aryl methyl sites for hydroxylation is 1. The minimum absolute atomic E-state index is 0.0905. The Kier molecular flexibility index (Phi) is 3.60. The van der Waals surface area contributed by atoms with Crippen LogP contribution in [-0.4, -0.2) is 54.8 Å². The lowest BCUT2D eigenvalue weighted by molar-refractivity contribution is -0.131. The van der Waals surface area contributed by atoms with Gasteiger partial charge in [-0.3, -0.25) is 4.79 Å². The van der Waals surface area contributed by atoms with E-state index in [0.29, 0.717) is 32.5 Å². The molecule has 0 spiro atoms. The second-order valence-electron chi connectivity index (χ2n) is 5.21. The summed E-state index contributed by atoms with van der Waals surface area (Å²) >= 11 is 0. The van der Waals surface area contributed by atoms with Crippen LogP contribution in [0.25, 0.3) is 0 Å². The Morgan fingerprint density at radius 2 is 2.39 bits per heavy atom. The van der Waals surface area contributed by atoms with Crippen LogP contribution in [0.1, 0.15) is 26.7 Å². The van der Waals surface area contributed by atoms with Crippen molar-refractivity contribution in [2.75, 3.05) is 13.1 Å². The number of β-amino-alcohol motifs (C(OH)–C–C–N with tert-alkyl or cyclic N) is 1. The van der Waals surface area contributed by atoms with Gasteiger partial charge in [-0.05, 0) is 23.8 Å². The predicted molar refractivity (Wildman–Crippen MR) is 63.4 cm³/mol. The maximum Gasteiger partial charge on any atom is 0.222 e. The zero-order valence-electron chi connectivity index (χ0n) is 10.8. The normalized spacial score (nSPS) is 27.7. The summed E-state index contributed by atoms with van der Waals surface area (Å²) in [6.07, 6.45) is 2.70. The number of hydrogen-bond acceptors (Lipinski definition) is 5. The Hall–Kier alpha value is -1.50. The highest BCUT2D eigenvalue weighted by atomic mass is 16.3. The zero-order valence-corrected chi connectivity index (χ0v) is 10.8. The molecule has 1 aromatic heterocycles. The van der Waals surface area contributed by atoms with Gasteiger partial charge in [0.05, 0.1) is 5.60 Å². The summed E-state index contributed by atoms with van der Waals surface area (Å²) in [4.78, 5) is 13.7. The lowest BCUT2D eigenvalue weighted by Crippen LogP contribution is -2.35. The van der Waals surface area contributed by atoms with Crippen LogP contribution in [0, 0.1) is 5.92 Å². The van der Waals surface area contributed by atoms with Crippen molar-refractivity contribution < 1.29 is 9.90 Å². The first kappa shape index (κ1) is 12.9. The number of amides is 1. The molecule has 1 aliphatic rings. The van der Waals surface area contributed by atoms with Crippen molar-refractivity contribution in [2.45, 2.75) is 38.8 Å². The Bertz CT molecular complexity index is 404. The van der Waals surface area contributed by atoms with Crippen molar-refractivity contribution in [2.24, 2.45) is 5.92 Å². The number of likely N-dealkylation sites (tertiary alicyclic amines) is 1. The van der Waals surface area contributed by atoms with Crippen LogP contribution in [0.5, 0.6) is 0 Å². The molecule has 1 saturated heterocycles. The van der Waals surface area contributed by atoms with Gasteiger partial charge < -0.3 is 10.0 Å². The number of tetrazole rings is 1. The van der Waals surface area contributed by atoms with E-state index in [2.05, 4.69) is 15.5 Å². The number of rotatable bonds is 4. The monoisotopic (exact) mass is 253 g/mol. The van der Waals surface area contributed by atoms with Gasteiger partial charge in [-0.2, -0.15) is 0 Å². The van der Waals surface area contributed by atoms with Gasteiger partial charge in [-0.1, -0.05) is 6.92 Å². The smallest absolute Gasteiger partial charge is 0.222 e. The van der Waals surface area contributed by atoms with E-state index in [1.54, 1.807) is 16.5 Å². The third-order valence-electron chi connectivity index (χ3n) is 3.59. The van der Waals surface area contributed by atoms with Gasteiger partial charge in [0.25, 0.3) is 0 Å². The van der Waals surface area contributed by atoms with E-state index >= 15 is 0 Å². The molecule has 100 valence electrons. The van der Waals surface area contributed by atoms with E-state index in [4.69, 9.17) is 0 Å². The van der Waals surface area contributed by atoms with Crippen LogP contribution in [-0.2, 0) is 11.3 Å². The molecule has 0 aliphatic carbocycles. The Morgan fingerprint density at radius 1 is 1.61 bits per heavy atom. The van der Waals surface area contributed by atoms with Gasteiger partial charge in [0.2, 0.25) is 5.91 Å². The predicted octanol–water partition coefficient (Wildman–Crippen LogP) is -0.317. The van der Waals surface area contributed by atoms with Crippen molar-refractivity contribution in [1.29, 1.82) is 0 Å². The molecule has 0 bridgehead atoms. The van der Waals surface area contributed by atoms with Gasteiger partial charge in [-0.15, -0.1) is 5.10 Å². The maximum atomic E-state index is 12.0. The van der Waals surface area contributed by atoms with Crippen molar-refractivity contribution >= 4 is 5.91 Å². The molecule has 0 radical (unpaired) electrons. The fourth-order valence-electron chi connectivity index (χ4n) is 2.16. The average molecular weight is 253 g/mol. The molecule has 1 N–H and O–H groups in total. The molecule has 2 rings (SSSR count). The number of carbonyl (C=O) groups is 1. The topological polar surface area (TPSA) is 84.1 Å². The van der Waals surface area contributed by atoms with Crippen molar-refractivity contribution in [3.63, 3.8) is 0 Å². The molecule has 1 amide bonds. The third kappa shape index (κ3) is 2.84. The number of carbonyl (C=O) groups excluding carboxylic acids is 1. The standard InChI is InChI=1S/C11H19N5O2/c1-9-6-15(7-11(9,2)18)10(17)4-3-5-16-8-12-13-14-16/h8-9,18H,3-7H2,1-2H3/t9-,11+/m1/s1. The SMILES string of the molecule is C[C@@H]1CN(C(=O)CCCn2cnnn2)C[C@]1(C)O. The average Bonchev–Trinajstić information content (AvgIpc) is 2.88. The lowest BCUT2D eigenvalue weighted by atomic mass is 9.95. The summed E-state index contributed by atoms with van der Waals surface area (Å²) in [5.41, 5.74) is -0.758. The molecule has 7 nitrogen and oxygen atoms in total. The van der Waals surface area contributed by atoms with E-state index in [9.17, 15) is 9.90 Å². The molecular formula is C11H19N5O2. The molecule has 1 aliphatic heterocycles. The molecule has 1 fully saturated rings. The van der Waals surface area contributed by atoms with Crippen LogP contribution < -0.4 is 0 Å². The van der Waals surface area contributed by atoms with Crippen LogP contribution in [0.3, 0.4) is 0 Å². The Labute approximate surface area is 106 Å². The fraction of sp³-hybridized carbons (Fsp3) is 0.818. The molecule has 7 heteroatoms.